The van der Waals surface area contributed by atoms with Gasteiger partial charge in [-0.25, -0.2) is 8.42 Å². The van der Waals surface area contributed by atoms with Crippen LogP contribution in [-0.4, -0.2) is 27.0 Å². The second-order valence-electron chi connectivity index (χ2n) is 4.53. The molecule has 0 saturated heterocycles. The Morgan fingerprint density at radius 3 is 2.61 bits per heavy atom. The molecule has 1 heterocycles. The van der Waals surface area contributed by atoms with E-state index in [0.29, 0.717) is 6.42 Å². The van der Waals surface area contributed by atoms with E-state index >= 15 is 0 Å². The number of aryl methyl sites for hydroxylation is 1. The van der Waals surface area contributed by atoms with Gasteiger partial charge in [0.1, 0.15) is 9.84 Å². The zero-order valence-electron chi connectivity index (χ0n) is 11.0. The van der Waals surface area contributed by atoms with Crippen LogP contribution in [0.1, 0.15) is 36.2 Å². The third-order valence-corrected chi connectivity index (χ3v) is 5.87. The topological polar surface area (TPSA) is 46.2 Å². The Kier molecular flexibility index (Phi) is 6.30. The smallest absolute Gasteiger partial charge is 0.147 e. The van der Waals surface area contributed by atoms with Gasteiger partial charge in [0.15, 0.2) is 0 Å². The molecule has 0 aliphatic rings. The minimum absolute atomic E-state index is 0.134. The normalized spacial score (nSPS) is 13.8. The van der Waals surface area contributed by atoms with Crippen molar-refractivity contribution in [2.75, 3.05) is 18.6 Å². The first-order chi connectivity index (χ1) is 8.33. The average molecular weight is 354 g/mol. The van der Waals surface area contributed by atoms with Crippen molar-refractivity contribution in [2.24, 2.45) is 0 Å². The third kappa shape index (κ3) is 5.38. The molecule has 1 aromatic rings. The fourth-order valence-corrected chi connectivity index (χ4v) is 4.00. The van der Waals surface area contributed by atoms with Crippen LogP contribution in [0.3, 0.4) is 0 Å². The van der Waals surface area contributed by atoms with Crippen molar-refractivity contribution in [1.29, 1.82) is 0 Å². The highest BCUT2D eigenvalue weighted by Gasteiger charge is 2.16. The Balaban J connectivity index is 2.77. The van der Waals surface area contributed by atoms with Crippen molar-refractivity contribution < 1.29 is 8.42 Å². The first-order valence-corrected chi connectivity index (χ1v) is 9.67. The van der Waals surface area contributed by atoms with Gasteiger partial charge in [-0.2, -0.15) is 0 Å². The summed E-state index contributed by atoms with van der Waals surface area (Å²) in [7, 11) is -2.90. The van der Waals surface area contributed by atoms with Crippen molar-refractivity contribution in [3.05, 3.63) is 20.3 Å². The number of rotatable bonds is 7. The maximum atomic E-state index is 11.3. The molecule has 0 aromatic carbocycles. The minimum atomic E-state index is -2.90. The van der Waals surface area contributed by atoms with Gasteiger partial charge in [-0.05, 0) is 53.9 Å². The van der Waals surface area contributed by atoms with E-state index in [-0.39, 0.29) is 11.8 Å². The van der Waals surface area contributed by atoms with Crippen LogP contribution in [0.4, 0.5) is 0 Å². The van der Waals surface area contributed by atoms with Crippen molar-refractivity contribution in [1.82, 2.24) is 5.32 Å². The number of sulfone groups is 1. The van der Waals surface area contributed by atoms with Gasteiger partial charge in [-0.3, -0.25) is 0 Å². The molecule has 0 amide bonds. The van der Waals surface area contributed by atoms with Crippen molar-refractivity contribution >= 4 is 37.1 Å². The Labute approximate surface area is 122 Å². The van der Waals surface area contributed by atoms with E-state index in [9.17, 15) is 8.42 Å². The van der Waals surface area contributed by atoms with Crippen LogP contribution in [0.5, 0.6) is 0 Å². The van der Waals surface area contributed by atoms with Gasteiger partial charge in [0.25, 0.3) is 0 Å². The molecule has 0 aliphatic heterocycles. The van der Waals surface area contributed by atoms with Crippen LogP contribution in [-0.2, 0) is 9.84 Å². The molecule has 0 fully saturated rings. The quantitative estimate of drug-likeness (QED) is 0.817. The van der Waals surface area contributed by atoms with E-state index in [1.165, 1.54) is 16.7 Å². The van der Waals surface area contributed by atoms with Crippen LogP contribution in [0, 0.1) is 6.92 Å². The lowest BCUT2D eigenvalue weighted by atomic mass is 10.1. The molecule has 6 heteroatoms. The molecule has 1 N–H and O–H groups in total. The molecular weight excluding hydrogens is 334 g/mol. The summed E-state index contributed by atoms with van der Waals surface area (Å²) in [6.45, 7) is 5.07. The summed E-state index contributed by atoms with van der Waals surface area (Å²) in [5, 5.41) is 3.42. The highest BCUT2D eigenvalue weighted by atomic mass is 79.9. The molecule has 18 heavy (non-hydrogen) atoms. The Morgan fingerprint density at radius 1 is 1.50 bits per heavy atom. The number of hydrogen-bond acceptors (Lipinski definition) is 4. The first kappa shape index (κ1) is 16.1. The van der Waals surface area contributed by atoms with E-state index in [1.54, 1.807) is 11.3 Å². The molecule has 1 aromatic heterocycles. The SMILES string of the molecule is CCCNC(CCS(C)(=O)=O)c1cc(C)c(Br)s1. The lowest BCUT2D eigenvalue weighted by Crippen LogP contribution is -2.23. The maximum Gasteiger partial charge on any atom is 0.147 e. The van der Waals surface area contributed by atoms with E-state index in [0.717, 1.165) is 16.8 Å². The molecule has 1 unspecified atom stereocenters. The van der Waals surface area contributed by atoms with Gasteiger partial charge < -0.3 is 5.32 Å². The summed E-state index contributed by atoms with van der Waals surface area (Å²) in [6.07, 6.45) is 2.96. The van der Waals surface area contributed by atoms with Gasteiger partial charge in [0.05, 0.1) is 9.54 Å². The monoisotopic (exact) mass is 353 g/mol. The Hall–Kier alpha value is 0.0900. The highest BCUT2D eigenvalue weighted by Crippen LogP contribution is 2.32. The predicted molar refractivity (Wildman–Crippen MR) is 82.1 cm³/mol. The fraction of sp³-hybridized carbons (Fsp3) is 0.667. The summed E-state index contributed by atoms with van der Waals surface area (Å²) < 4.78 is 23.7. The van der Waals surface area contributed by atoms with Gasteiger partial charge in [-0.1, -0.05) is 6.92 Å². The second-order valence-corrected chi connectivity index (χ2v) is 9.19. The summed E-state index contributed by atoms with van der Waals surface area (Å²) in [4.78, 5) is 1.21. The van der Waals surface area contributed by atoms with Gasteiger partial charge in [0, 0.05) is 17.2 Å². The zero-order chi connectivity index (χ0) is 13.8. The lowest BCUT2D eigenvalue weighted by molar-refractivity contribution is 0.520. The fourth-order valence-electron chi connectivity index (χ4n) is 1.65. The first-order valence-electron chi connectivity index (χ1n) is 6.00. The largest absolute Gasteiger partial charge is 0.309 e. The minimum Gasteiger partial charge on any atom is -0.309 e. The summed E-state index contributed by atoms with van der Waals surface area (Å²) in [5.41, 5.74) is 1.21. The summed E-state index contributed by atoms with van der Waals surface area (Å²) >= 11 is 5.20. The molecule has 0 bridgehead atoms. The number of hydrogen-bond donors (Lipinski definition) is 1. The van der Waals surface area contributed by atoms with Crippen molar-refractivity contribution in [3.63, 3.8) is 0 Å². The van der Waals surface area contributed by atoms with Crippen LogP contribution < -0.4 is 5.32 Å². The summed E-state index contributed by atoms with van der Waals surface area (Å²) in [6, 6.07) is 2.26. The molecule has 1 atom stereocenters. The molecule has 0 aliphatic carbocycles. The van der Waals surface area contributed by atoms with Gasteiger partial charge >= 0.3 is 0 Å². The number of halogens is 1. The number of thiophene rings is 1. The zero-order valence-corrected chi connectivity index (χ0v) is 14.2. The molecule has 104 valence electrons. The Bertz CT molecular complexity index is 463. The molecule has 0 spiro atoms. The standard InChI is InChI=1S/C12H20BrNO2S2/c1-4-6-14-10(5-7-18(3,15)16)11-8-9(2)12(13)17-11/h8,10,14H,4-7H2,1-3H3. The van der Waals surface area contributed by atoms with E-state index in [4.69, 9.17) is 0 Å². The van der Waals surface area contributed by atoms with Crippen molar-refractivity contribution in [3.8, 4) is 0 Å². The average Bonchev–Trinajstić information content (AvgIpc) is 2.58. The van der Waals surface area contributed by atoms with E-state index in [1.807, 2.05) is 0 Å². The van der Waals surface area contributed by atoms with E-state index in [2.05, 4.69) is 41.2 Å². The van der Waals surface area contributed by atoms with Crippen molar-refractivity contribution in [2.45, 2.75) is 32.7 Å². The Morgan fingerprint density at radius 2 is 2.17 bits per heavy atom. The molecule has 3 nitrogen and oxygen atoms in total. The van der Waals surface area contributed by atoms with Crippen LogP contribution in [0.15, 0.2) is 9.85 Å². The van der Waals surface area contributed by atoms with Gasteiger partial charge in [0.2, 0.25) is 0 Å². The highest BCUT2D eigenvalue weighted by molar-refractivity contribution is 9.11. The lowest BCUT2D eigenvalue weighted by Gasteiger charge is -2.16. The second kappa shape index (κ2) is 7.03. The molecule has 1 rings (SSSR count). The van der Waals surface area contributed by atoms with E-state index < -0.39 is 9.84 Å². The molecule has 0 radical (unpaired) electrons. The van der Waals surface area contributed by atoms with Crippen LogP contribution in [0.25, 0.3) is 0 Å². The third-order valence-electron chi connectivity index (χ3n) is 2.64. The predicted octanol–water partition coefficient (Wildman–Crippen LogP) is 3.29. The molecule has 0 saturated carbocycles. The van der Waals surface area contributed by atoms with Crippen LogP contribution in [0.2, 0.25) is 0 Å². The summed E-state index contributed by atoms with van der Waals surface area (Å²) in [5.74, 6) is 0.225. The maximum absolute atomic E-state index is 11.3. The molecular formula is C12H20BrNO2S2. The van der Waals surface area contributed by atoms with Crippen LogP contribution >= 0.6 is 27.3 Å². The number of nitrogens with one attached hydrogen (secondary N) is 1. The van der Waals surface area contributed by atoms with Gasteiger partial charge in [-0.15, -0.1) is 11.3 Å².